The van der Waals surface area contributed by atoms with Gasteiger partial charge in [0.1, 0.15) is 5.75 Å². The molecular formula is C23H28N2O4. The van der Waals surface area contributed by atoms with E-state index < -0.39 is 12.1 Å². The van der Waals surface area contributed by atoms with Crippen LogP contribution in [0, 0.1) is 11.8 Å². The predicted molar refractivity (Wildman–Crippen MR) is 111 cm³/mol. The summed E-state index contributed by atoms with van der Waals surface area (Å²) in [5, 5.41) is 12.1. The second kappa shape index (κ2) is 8.13. The average Bonchev–Trinajstić information content (AvgIpc) is 2.77. The molecule has 5 rings (SSSR count). The number of carbonyl (C=O) groups excluding carboxylic acids is 1. The van der Waals surface area contributed by atoms with Crippen LogP contribution in [0.2, 0.25) is 0 Å². The van der Waals surface area contributed by atoms with Crippen LogP contribution in [0.3, 0.4) is 0 Å². The third-order valence-electron chi connectivity index (χ3n) is 6.42. The average molecular weight is 396 g/mol. The Balaban J connectivity index is 1.75. The van der Waals surface area contributed by atoms with Gasteiger partial charge in [-0.2, -0.15) is 0 Å². The number of hydrogen-bond donors (Lipinski definition) is 1. The lowest BCUT2D eigenvalue weighted by Crippen LogP contribution is -2.54. The van der Waals surface area contributed by atoms with Gasteiger partial charge in [0, 0.05) is 24.2 Å². The number of methoxy groups -OCH3 is 1. The SMILES string of the molecule is C=CC1CN2CCC1CC2C(O)c1ccnc2c(C(=O)OCC)cc(OC)cc12. The number of nitrogens with zero attached hydrogens (tertiary/aromatic N) is 2. The Hall–Kier alpha value is -2.44. The van der Waals surface area contributed by atoms with E-state index in [0.717, 1.165) is 36.9 Å². The minimum absolute atomic E-state index is 0.0489. The van der Waals surface area contributed by atoms with E-state index in [0.29, 0.717) is 28.7 Å². The number of piperidine rings is 3. The molecule has 1 aromatic heterocycles. The number of hydrogen-bond acceptors (Lipinski definition) is 6. The van der Waals surface area contributed by atoms with Crippen LogP contribution in [0.15, 0.2) is 37.1 Å². The van der Waals surface area contributed by atoms with Gasteiger partial charge in [0.25, 0.3) is 0 Å². The smallest absolute Gasteiger partial charge is 0.340 e. The van der Waals surface area contributed by atoms with Crippen molar-refractivity contribution >= 4 is 16.9 Å². The Morgan fingerprint density at radius 1 is 1.48 bits per heavy atom. The van der Waals surface area contributed by atoms with Gasteiger partial charge in [0.2, 0.25) is 0 Å². The van der Waals surface area contributed by atoms with Crippen molar-refractivity contribution in [1.29, 1.82) is 0 Å². The van der Waals surface area contributed by atoms with Gasteiger partial charge in [0.05, 0.1) is 30.9 Å². The minimum atomic E-state index is -0.670. The van der Waals surface area contributed by atoms with Crippen molar-refractivity contribution in [3.8, 4) is 5.75 Å². The van der Waals surface area contributed by atoms with Crippen LogP contribution in [0.5, 0.6) is 5.75 Å². The second-order valence-corrected chi connectivity index (χ2v) is 7.88. The van der Waals surface area contributed by atoms with Crippen molar-refractivity contribution in [2.75, 3.05) is 26.8 Å². The molecule has 6 nitrogen and oxygen atoms in total. The van der Waals surface area contributed by atoms with Gasteiger partial charge in [-0.05, 0) is 61.9 Å². The fraction of sp³-hybridized carbons (Fsp3) is 0.478. The van der Waals surface area contributed by atoms with E-state index in [-0.39, 0.29) is 12.6 Å². The third-order valence-corrected chi connectivity index (χ3v) is 6.42. The van der Waals surface area contributed by atoms with E-state index in [1.54, 1.807) is 26.3 Å². The highest BCUT2D eigenvalue weighted by molar-refractivity contribution is 6.04. The number of aliphatic hydroxyl groups excluding tert-OH is 1. The molecule has 154 valence electrons. The number of aromatic nitrogens is 1. The molecule has 5 atom stereocenters. The summed E-state index contributed by atoms with van der Waals surface area (Å²) in [5.41, 5.74) is 1.65. The molecule has 3 aliphatic heterocycles. The summed E-state index contributed by atoms with van der Waals surface area (Å²) in [6, 6.07) is 5.37. The largest absolute Gasteiger partial charge is 0.497 e. The Bertz CT molecular complexity index is 928. The van der Waals surface area contributed by atoms with Gasteiger partial charge in [-0.15, -0.1) is 6.58 Å². The molecule has 3 saturated heterocycles. The molecule has 4 heterocycles. The Labute approximate surface area is 171 Å². The topological polar surface area (TPSA) is 71.9 Å². The Morgan fingerprint density at radius 2 is 2.31 bits per heavy atom. The van der Waals surface area contributed by atoms with Gasteiger partial charge >= 0.3 is 5.97 Å². The van der Waals surface area contributed by atoms with Crippen LogP contribution in [0.4, 0.5) is 0 Å². The summed E-state index contributed by atoms with van der Waals surface area (Å²) in [6.07, 6.45) is 5.13. The lowest BCUT2D eigenvalue weighted by atomic mass is 9.73. The van der Waals surface area contributed by atoms with E-state index in [9.17, 15) is 9.90 Å². The van der Waals surface area contributed by atoms with Gasteiger partial charge in [-0.25, -0.2) is 4.79 Å². The molecule has 3 aliphatic rings. The molecule has 3 fully saturated rings. The Morgan fingerprint density at radius 3 is 2.97 bits per heavy atom. The third kappa shape index (κ3) is 3.51. The quantitative estimate of drug-likeness (QED) is 0.596. The number of benzene rings is 1. The van der Waals surface area contributed by atoms with Crippen molar-refractivity contribution in [2.45, 2.75) is 31.9 Å². The normalized spacial score (nSPS) is 26.9. The van der Waals surface area contributed by atoms with Crippen molar-refractivity contribution in [1.82, 2.24) is 9.88 Å². The lowest BCUT2D eigenvalue weighted by molar-refractivity contribution is -0.0444. The zero-order valence-electron chi connectivity index (χ0n) is 17.0. The molecule has 2 aromatic rings. The zero-order chi connectivity index (χ0) is 20.5. The lowest BCUT2D eigenvalue weighted by Gasteiger charge is -2.50. The summed E-state index contributed by atoms with van der Waals surface area (Å²) in [4.78, 5) is 19.3. The molecule has 6 heteroatoms. The number of fused-ring (bicyclic) bond motifs is 4. The number of carbonyl (C=O) groups is 1. The summed E-state index contributed by atoms with van der Waals surface area (Å²) < 4.78 is 10.6. The van der Waals surface area contributed by atoms with Gasteiger partial charge in [-0.3, -0.25) is 9.88 Å². The maximum Gasteiger partial charge on any atom is 0.340 e. The van der Waals surface area contributed by atoms with E-state index >= 15 is 0 Å². The van der Waals surface area contributed by atoms with Crippen LogP contribution < -0.4 is 4.74 Å². The van der Waals surface area contributed by atoms with Crippen molar-refractivity contribution in [3.05, 3.63) is 48.2 Å². The molecule has 1 aromatic carbocycles. The van der Waals surface area contributed by atoms with Crippen molar-refractivity contribution in [3.63, 3.8) is 0 Å². The number of ether oxygens (including phenoxy) is 2. The second-order valence-electron chi connectivity index (χ2n) is 7.88. The highest BCUT2D eigenvalue weighted by Crippen LogP contribution is 2.42. The molecule has 0 radical (unpaired) electrons. The summed E-state index contributed by atoms with van der Waals surface area (Å²) in [7, 11) is 1.56. The number of pyridine rings is 1. The summed E-state index contributed by atoms with van der Waals surface area (Å²) >= 11 is 0. The monoisotopic (exact) mass is 396 g/mol. The molecular weight excluding hydrogens is 368 g/mol. The van der Waals surface area contributed by atoms with Crippen LogP contribution in [0.25, 0.3) is 10.9 Å². The van der Waals surface area contributed by atoms with Crippen molar-refractivity contribution in [2.24, 2.45) is 11.8 Å². The Kier molecular flexibility index (Phi) is 5.56. The van der Waals surface area contributed by atoms with Crippen LogP contribution >= 0.6 is 0 Å². The van der Waals surface area contributed by atoms with Crippen LogP contribution in [0.1, 0.15) is 41.8 Å². The number of esters is 1. The van der Waals surface area contributed by atoms with Gasteiger partial charge in [0.15, 0.2) is 0 Å². The fourth-order valence-electron chi connectivity index (χ4n) is 4.90. The molecule has 2 bridgehead atoms. The predicted octanol–water partition coefficient (Wildman–Crippen LogP) is 3.35. The standard InChI is InChI=1S/C23H28N2O4/c1-4-14-13-25-9-7-15(14)10-20(25)22(26)17-6-8-24-21-18(17)11-16(28-3)12-19(21)23(27)29-5-2/h4,6,8,11-12,14-15,20,22,26H,1,5,7,9-10,13H2,2-3H3. The first kappa shape index (κ1) is 19.9. The molecule has 1 N–H and O–H groups in total. The highest BCUT2D eigenvalue weighted by Gasteiger charge is 2.42. The molecule has 29 heavy (non-hydrogen) atoms. The fourth-order valence-corrected chi connectivity index (χ4v) is 4.90. The van der Waals surface area contributed by atoms with Crippen LogP contribution in [-0.2, 0) is 4.74 Å². The van der Waals surface area contributed by atoms with E-state index in [1.807, 2.05) is 12.1 Å². The maximum absolute atomic E-state index is 12.5. The van der Waals surface area contributed by atoms with E-state index in [4.69, 9.17) is 9.47 Å². The molecule has 0 aliphatic carbocycles. The van der Waals surface area contributed by atoms with E-state index in [2.05, 4.69) is 22.5 Å². The number of aliphatic hydroxyl groups is 1. The highest BCUT2D eigenvalue weighted by atomic mass is 16.5. The van der Waals surface area contributed by atoms with Gasteiger partial charge in [-0.1, -0.05) is 6.08 Å². The zero-order valence-corrected chi connectivity index (χ0v) is 17.0. The molecule has 5 unspecified atom stereocenters. The first-order valence-corrected chi connectivity index (χ1v) is 10.3. The molecule has 0 amide bonds. The van der Waals surface area contributed by atoms with Crippen molar-refractivity contribution < 1.29 is 19.4 Å². The first-order chi connectivity index (χ1) is 14.1. The van der Waals surface area contributed by atoms with Gasteiger partial charge < -0.3 is 14.6 Å². The maximum atomic E-state index is 12.5. The minimum Gasteiger partial charge on any atom is -0.497 e. The summed E-state index contributed by atoms with van der Waals surface area (Å²) in [6.45, 7) is 7.97. The van der Waals surface area contributed by atoms with E-state index in [1.165, 1.54) is 0 Å². The summed E-state index contributed by atoms with van der Waals surface area (Å²) in [5.74, 6) is 1.16. The van der Waals surface area contributed by atoms with Crippen LogP contribution in [-0.4, -0.2) is 53.8 Å². The molecule has 0 saturated carbocycles. The molecule has 0 spiro atoms. The number of rotatable bonds is 6. The first-order valence-electron chi connectivity index (χ1n) is 10.3.